The third-order valence-corrected chi connectivity index (χ3v) is 5.98. The molecule has 3 heterocycles. The van der Waals surface area contributed by atoms with Gasteiger partial charge in [-0.05, 0) is 24.3 Å². The van der Waals surface area contributed by atoms with Crippen molar-refractivity contribution in [2.24, 2.45) is 0 Å². The zero-order valence-electron chi connectivity index (χ0n) is 18.9. The van der Waals surface area contributed by atoms with E-state index >= 15 is 0 Å². The summed E-state index contributed by atoms with van der Waals surface area (Å²) in [5.74, 6) is 4.01. The van der Waals surface area contributed by atoms with Crippen LogP contribution in [0.15, 0.2) is 36.4 Å². The summed E-state index contributed by atoms with van der Waals surface area (Å²) in [5.41, 5.74) is 0. The van der Waals surface area contributed by atoms with Crippen molar-refractivity contribution in [3.05, 3.63) is 36.4 Å². The molecule has 0 saturated carbocycles. The standard InChI is InChI=1S/C24H30N2O8/c27-17(13-29-19-1-3-21-23(9-19)33-15-31-21)11-25-5-7-26(8-6-25)12-18(28)14-30-20-2-4-22-24(10-20)34-16-32-22/h1-4,9-10,17-18,27-28H,5-8,11-16H2/t17-,18-/m0/s1. The smallest absolute Gasteiger partial charge is 0.231 e. The van der Waals surface area contributed by atoms with Crippen LogP contribution in [-0.2, 0) is 0 Å². The average molecular weight is 475 g/mol. The largest absolute Gasteiger partial charge is 0.491 e. The summed E-state index contributed by atoms with van der Waals surface area (Å²) >= 11 is 0. The number of fused-ring (bicyclic) bond motifs is 2. The van der Waals surface area contributed by atoms with Crippen LogP contribution in [-0.4, -0.2) is 98.3 Å². The Kier molecular flexibility index (Phi) is 7.10. The van der Waals surface area contributed by atoms with Gasteiger partial charge < -0.3 is 38.6 Å². The fraction of sp³-hybridized carbons (Fsp3) is 0.500. The Morgan fingerprint density at radius 2 is 1.06 bits per heavy atom. The highest BCUT2D eigenvalue weighted by Gasteiger charge is 2.22. The van der Waals surface area contributed by atoms with Gasteiger partial charge in [-0.2, -0.15) is 0 Å². The summed E-state index contributed by atoms with van der Waals surface area (Å²) in [6.45, 7) is 5.18. The van der Waals surface area contributed by atoms with Crippen LogP contribution in [0.3, 0.4) is 0 Å². The highest BCUT2D eigenvalue weighted by molar-refractivity contribution is 5.47. The van der Waals surface area contributed by atoms with Crippen molar-refractivity contribution in [2.75, 3.05) is 66.1 Å². The first kappa shape index (κ1) is 22.9. The van der Waals surface area contributed by atoms with Crippen molar-refractivity contribution >= 4 is 0 Å². The third-order valence-electron chi connectivity index (χ3n) is 5.98. The summed E-state index contributed by atoms with van der Waals surface area (Å²) in [6, 6.07) is 10.8. The van der Waals surface area contributed by atoms with Gasteiger partial charge >= 0.3 is 0 Å². The average Bonchev–Trinajstić information content (AvgIpc) is 3.51. The van der Waals surface area contributed by atoms with Gasteiger partial charge in [0.1, 0.15) is 36.9 Å². The maximum Gasteiger partial charge on any atom is 0.231 e. The normalized spacial score (nSPS) is 19.1. The van der Waals surface area contributed by atoms with Crippen molar-refractivity contribution in [2.45, 2.75) is 12.2 Å². The zero-order chi connectivity index (χ0) is 23.3. The number of benzene rings is 2. The van der Waals surface area contributed by atoms with Crippen LogP contribution in [0.25, 0.3) is 0 Å². The van der Waals surface area contributed by atoms with E-state index in [1.807, 2.05) is 0 Å². The Morgan fingerprint density at radius 3 is 1.50 bits per heavy atom. The summed E-state index contributed by atoms with van der Waals surface area (Å²) < 4.78 is 32.7. The van der Waals surface area contributed by atoms with Gasteiger partial charge in [0.05, 0.1) is 0 Å². The van der Waals surface area contributed by atoms with Gasteiger partial charge in [0.25, 0.3) is 0 Å². The predicted octanol–water partition coefficient (Wildman–Crippen LogP) is 0.941. The minimum Gasteiger partial charge on any atom is -0.491 e. The summed E-state index contributed by atoms with van der Waals surface area (Å²) in [6.07, 6.45) is -1.20. The zero-order valence-corrected chi connectivity index (χ0v) is 18.9. The first-order valence-corrected chi connectivity index (χ1v) is 11.5. The SMILES string of the molecule is O[C@H](COc1ccc2c(c1)OCO2)CN1CCN(C[C@H](O)COc2ccc3c(c2)OCO3)CC1. The van der Waals surface area contributed by atoms with Crippen LogP contribution < -0.4 is 28.4 Å². The number of rotatable bonds is 10. The van der Waals surface area contributed by atoms with Crippen LogP contribution in [0.4, 0.5) is 0 Å². The second kappa shape index (κ2) is 10.6. The molecule has 184 valence electrons. The number of ether oxygens (including phenoxy) is 6. The molecule has 34 heavy (non-hydrogen) atoms. The van der Waals surface area contributed by atoms with Crippen molar-refractivity contribution in [3.8, 4) is 34.5 Å². The molecular formula is C24H30N2O8. The Bertz CT molecular complexity index is 888. The van der Waals surface area contributed by atoms with Gasteiger partial charge in [-0.25, -0.2) is 0 Å². The molecule has 0 aromatic heterocycles. The van der Waals surface area contributed by atoms with Crippen LogP contribution in [0.2, 0.25) is 0 Å². The van der Waals surface area contributed by atoms with Gasteiger partial charge in [-0.1, -0.05) is 0 Å². The highest BCUT2D eigenvalue weighted by Crippen LogP contribution is 2.36. The second-order valence-electron chi connectivity index (χ2n) is 8.56. The molecule has 0 amide bonds. The Hall–Kier alpha value is -2.92. The molecule has 5 rings (SSSR count). The van der Waals surface area contributed by atoms with Crippen LogP contribution in [0.1, 0.15) is 0 Å². The molecule has 0 bridgehead atoms. The molecule has 3 aliphatic heterocycles. The topological polar surface area (TPSA) is 102 Å². The molecule has 2 aromatic carbocycles. The number of β-amino-alcohol motifs (C(OH)–C–C–N with tert-alkyl or cyclic N) is 2. The molecule has 2 atom stereocenters. The van der Waals surface area contributed by atoms with E-state index in [-0.39, 0.29) is 26.8 Å². The van der Waals surface area contributed by atoms with E-state index in [1.165, 1.54) is 0 Å². The molecule has 0 unspecified atom stereocenters. The third kappa shape index (κ3) is 5.76. The molecular weight excluding hydrogens is 444 g/mol. The number of piperazine rings is 1. The molecule has 3 aliphatic rings. The fourth-order valence-electron chi connectivity index (χ4n) is 4.17. The van der Waals surface area contributed by atoms with Crippen LogP contribution >= 0.6 is 0 Å². The molecule has 2 aromatic rings. The van der Waals surface area contributed by atoms with Crippen molar-refractivity contribution < 1.29 is 38.6 Å². The van der Waals surface area contributed by atoms with E-state index in [0.717, 1.165) is 26.2 Å². The molecule has 1 saturated heterocycles. The number of aliphatic hydroxyl groups is 2. The van der Waals surface area contributed by atoms with E-state index in [2.05, 4.69) is 9.80 Å². The maximum absolute atomic E-state index is 10.4. The molecule has 0 aliphatic carbocycles. The van der Waals surface area contributed by atoms with Crippen molar-refractivity contribution in [1.82, 2.24) is 9.80 Å². The van der Waals surface area contributed by atoms with E-state index in [0.29, 0.717) is 47.6 Å². The summed E-state index contributed by atoms with van der Waals surface area (Å²) in [4.78, 5) is 4.42. The molecule has 0 radical (unpaired) electrons. The predicted molar refractivity (Wildman–Crippen MR) is 121 cm³/mol. The molecule has 10 nitrogen and oxygen atoms in total. The highest BCUT2D eigenvalue weighted by atomic mass is 16.7. The monoisotopic (exact) mass is 474 g/mol. The fourth-order valence-corrected chi connectivity index (χ4v) is 4.17. The van der Waals surface area contributed by atoms with Gasteiger partial charge in [0.2, 0.25) is 13.6 Å². The lowest BCUT2D eigenvalue weighted by Gasteiger charge is -2.36. The molecule has 1 fully saturated rings. The molecule has 0 spiro atoms. The Balaban J connectivity index is 0.977. The van der Waals surface area contributed by atoms with Gasteiger partial charge in [-0.15, -0.1) is 0 Å². The minimum atomic E-state index is -0.599. The van der Waals surface area contributed by atoms with E-state index in [1.54, 1.807) is 36.4 Å². The van der Waals surface area contributed by atoms with E-state index in [4.69, 9.17) is 28.4 Å². The van der Waals surface area contributed by atoms with Crippen molar-refractivity contribution in [1.29, 1.82) is 0 Å². The van der Waals surface area contributed by atoms with Crippen LogP contribution in [0, 0.1) is 0 Å². The lowest BCUT2D eigenvalue weighted by Crippen LogP contribution is -2.51. The number of hydrogen-bond donors (Lipinski definition) is 2. The lowest BCUT2D eigenvalue weighted by atomic mass is 10.2. The van der Waals surface area contributed by atoms with Crippen molar-refractivity contribution in [3.63, 3.8) is 0 Å². The first-order valence-electron chi connectivity index (χ1n) is 11.5. The Morgan fingerprint density at radius 1 is 0.647 bits per heavy atom. The molecule has 10 heteroatoms. The van der Waals surface area contributed by atoms with Crippen LogP contribution in [0.5, 0.6) is 34.5 Å². The number of aliphatic hydroxyl groups excluding tert-OH is 2. The number of hydrogen-bond acceptors (Lipinski definition) is 10. The minimum absolute atomic E-state index is 0.204. The quantitative estimate of drug-likeness (QED) is 0.517. The first-order chi connectivity index (χ1) is 16.6. The number of nitrogens with zero attached hydrogens (tertiary/aromatic N) is 2. The Labute approximate surface area is 198 Å². The summed E-state index contributed by atoms with van der Waals surface area (Å²) in [7, 11) is 0. The second-order valence-corrected chi connectivity index (χ2v) is 8.56. The van der Waals surface area contributed by atoms with Gasteiger partial charge in [-0.3, -0.25) is 9.80 Å². The lowest BCUT2D eigenvalue weighted by molar-refractivity contribution is 0.0240. The maximum atomic E-state index is 10.4. The van der Waals surface area contributed by atoms with E-state index in [9.17, 15) is 10.2 Å². The van der Waals surface area contributed by atoms with Gasteiger partial charge in [0.15, 0.2) is 23.0 Å². The van der Waals surface area contributed by atoms with Gasteiger partial charge in [0, 0.05) is 51.4 Å². The van der Waals surface area contributed by atoms with E-state index < -0.39 is 12.2 Å². The molecule has 2 N–H and O–H groups in total. The summed E-state index contributed by atoms with van der Waals surface area (Å²) in [5, 5.41) is 20.8.